The second-order valence-corrected chi connectivity index (χ2v) is 6.94. The number of anilines is 1. The average molecular weight is 380 g/mol. The minimum absolute atomic E-state index is 0.422. The number of hydrogen-bond donors (Lipinski definition) is 2. The van der Waals surface area contributed by atoms with Crippen LogP contribution in [0.15, 0.2) is 78.0 Å². The van der Waals surface area contributed by atoms with E-state index in [0.29, 0.717) is 24.5 Å². The summed E-state index contributed by atoms with van der Waals surface area (Å²) < 4.78 is 1.79. The van der Waals surface area contributed by atoms with Crippen LogP contribution in [-0.2, 0) is 16.1 Å². The Balaban J connectivity index is 1.44. The lowest BCUT2D eigenvalue weighted by atomic mass is 10.2. The predicted octanol–water partition coefficient (Wildman–Crippen LogP) is 2.78. The van der Waals surface area contributed by atoms with Gasteiger partial charge in [-0.05, 0) is 35.9 Å². The van der Waals surface area contributed by atoms with Gasteiger partial charge < -0.3 is 10.6 Å². The van der Waals surface area contributed by atoms with Crippen LogP contribution >= 0.6 is 11.8 Å². The van der Waals surface area contributed by atoms with E-state index in [9.17, 15) is 9.59 Å². The number of hydrogen-bond acceptors (Lipinski definition) is 4. The normalized spacial score (nSPS) is 10.4. The van der Waals surface area contributed by atoms with Gasteiger partial charge in [0.25, 0.3) is 0 Å². The molecule has 0 spiro atoms. The third kappa shape index (κ3) is 6.00. The van der Waals surface area contributed by atoms with Crippen LogP contribution in [0.1, 0.15) is 5.56 Å². The molecule has 27 heavy (non-hydrogen) atoms. The van der Waals surface area contributed by atoms with E-state index in [1.54, 1.807) is 28.7 Å². The highest BCUT2D eigenvalue weighted by atomic mass is 32.2. The zero-order chi connectivity index (χ0) is 18.9. The first-order valence-electron chi connectivity index (χ1n) is 8.54. The molecule has 2 aromatic carbocycles. The Kier molecular flexibility index (Phi) is 6.65. The van der Waals surface area contributed by atoms with E-state index >= 15 is 0 Å². The van der Waals surface area contributed by atoms with Gasteiger partial charge in [0.1, 0.15) is 0 Å². The van der Waals surface area contributed by atoms with Crippen molar-refractivity contribution in [1.82, 2.24) is 15.1 Å². The predicted molar refractivity (Wildman–Crippen MR) is 107 cm³/mol. The van der Waals surface area contributed by atoms with E-state index in [-0.39, 0.29) is 0 Å². The van der Waals surface area contributed by atoms with Crippen molar-refractivity contribution >= 4 is 29.3 Å². The van der Waals surface area contributed by atoms with Gasteiger partial charge in [-0.25, -0.2) is 0 Å². The minimum atomic E-state index is -0.670. The SMILES string of the molecule is O=C(NCCSc1ccccc1)C(=O)Nc1cccc(Cn2cccn2)c1. The van der Waals surface area contributed by atoms with Gasteiger partial charge in [-0.1, -0.05) is 30.3 Å². The molecule has 1 aromatic heterocycles. The summed E-state index contributed by atoms with van der Waals surface area (Å²) in [5.74, 6) is -0.611. The smallest absolute Gasteiger partial charge is 0.313 e. The molecule has 2 amide bonds. The third-order valence-corrected chi connectivity index (χ3v) is 4.71. The topological polar surface area (TPSA) is 76.0 Å². The molecule has 1 heterocycles. The van der Waals surface area contributed by atoms with Crippen LogP contribution in [0.4, 0.5) is 5.69 Å². The Labute approximate surface area is 162 Å². The summed E-state index contributed by atoms with van der Waals surface area (Å²) in [6, 6.07) is 19.1. The number of amides is 2. The minimum Gasteiger partial charge on any atom is -0.347 e. The van der Waals surface area contributed by atoms with Gasteiger partial charge in [-0.15, -0.1) is 11.8 Å². The van der Waals surface area contributed by atoms with Crippen LogP contribution in [0.3, 0.4) is 0 Å². The fourth-order valence-electron chi connectivity index (χ4n) is 2.45. The Bertz CT molecular complexity index is 882. The molecular weight excluding hydrogens is 360 g/mol. The second-order valence-electron chi connectivity index (χ2n) is 5.78. The van der Waals surface area contributed by atoms with Gasteiger partial charge in [0, 0.05) is 35.3 Å². The summed E-state index contributed by atoms with van der Waals surface area (Å²) in [7, 11) is 0. The molecule has 0 unspecified atom stereocenters. The molecule has 0 aliphatic rings. The molecule has 0 aliphatic heterocycles. The molecule has 0 fully saturated rings. The van der Waals surface area contributed by atoms with Gasteiger partial charge in [-0.2, -0.15) is 5.10 Å². The van der Waals surface area contributed by atoms with Gasteiger partial charge in [0.05, 0.1) is 6.54 Å². The zero-order valence-corrected chi connectivity index (χ0v) is 15.5. The first-order valence-corrected chi connectivity index (χ1v) is 9.53. The summed E-state index contributed by atoms with van der Waals surface area (Å²) >= 11 is 1.63. The maximum Gasteiger partial charge on any atom is 0.313 e. The number of thioether (sulfide) groups is 1. The van der Waals surface area contributed by atoms with Crippen LogP contribution in [0, 0.1) is 0 Å². The van der Waals surface area contributed by atoms with Gasteiger partial charge in [0.15, 0.2) is 0 Å². The molecule has 0 aliphatic carbocycles. The van der Waals surface area contributed by atoms with E-state index in [4.69, 9.17) is 0 Å². The van der Waals surface area contributed by atoms with Crippen LogP contribution in [-0.4, -0.2) is 33.9 Å². The Morgan fingerprint density at radius 3 is 2.63 bits per heavy atom. The molecule has 3 rings (SSSR count). The van der Waals surface area contributed by atoms with Crippen molar-refractivity contribution in [3.8, 4) is 0 Å². The average Bonchev–Trinajstić information content (AvgIpc) is 3.19. The second kappa shape index (κ2) is 9.59. The van der Waals surface area contributed by atoms with Gasteiger partial charge >= 0.3 is 11.8 Å². The number of rotatable bonds is 7. The number of aromatic nitrogens is 2. The van der Waals surface area contributed by atoms with Crippen molar-refractivity contribution in [3.05, 3.63) is 78.6 Å². The highest BCUT2D eigenvalue weighted by Gasteiger charge is 2.13. The van der Waals surface area contributed by atoms with Gasteiger partial charge in [0.2, 0.25) is 0 Å². The maximum atomic E-state index is 12.1. The number of nitrogens with zero attached hydrogens (tertiary/aromatic N) is 2. The fraction of sp³-hybridized carbons (Fsp3) is 0.150. The lowest BCUT2D eigenvalue weighted by molar-refractivity contribution is -0.136. The standard InChI is InChI=1S/C20H20N4O2S/c25-19(21-11-13-27-18-8-2-1-3-9-18)20(26)23-17-7-4-6-16(14-17)15-24-12-5-10-22-24/h1-10,12,14H,11,13,15H2,(H,21,25)(H,23,26). The summed E-state index contributed by atoms with van der Waals surface area (Å²) in [6.07, 6.45) is 3.58. The van der Waals surface area contributed by atoms with Crippen molar-refractivity contribution in [2.75, 3.05) is 17.6 Å². The summed E-state index contributed by atoms with van der Waals surface area (Å²) in [5, 5.41) is 9.43. The van der Waals surface area contributed by atoms with E-state index in [0.717, 1.165) is 10.5 Å². The zero-order valence-electron chi connectivity index (χ0n) is 14.7. The van der Waals surface area contributed by atoms with Crippen LogP contribution in [0.5, 0.6) is 0 Å². The molecule has 6 nitrogen and oxygen atoms in total. The molecule has 0 saturated carbocycles. The summed E-state index contributed by atoms with van der Waals surface area (Å²) in [5.41, 5.74) is 1.56. The maximum absolute atomic E-state index is 12.1. The number of benzene rings is 2. The highest BCUT2D eigenvalue weighted by Crippen LogP contribution is 2.15. The van der Waals surface area contributed by atoms with Crippen molar-refractivity contribution < 1.29 is 9.59 Å². The lowest BCUT2D eigenvalue weighted by Crippen LogP contribution is -2.36. The molecule has 7 heteroatoms. The molecule has 138 valence electrons. The van der Waals surface area contributed by atoms with Crippen molar-refractivity contribution in [2.45, 2.75) is 11.4 Å². The largest absolute Gasteiger partial charge is 0.347 e. The van der Waals surface area contributed by atoms with Crippen LogP contribution < -0.4 is 10.6 Å². The quantitative estimate of drug-likeness (QED) is 0.375. The van der Waals surface area contributed by atoms with Crippen molar-refractivity contribution in [1.29, 1.82) is 0 Å². The van der Waals surface area contributed by atoms with E-state index < -0.39 is 11.8 Å². The van der Waals surface area contributed by atoms with E-state index in [1.807, 2.05) is 60.8 Å². The molecule has 0 bridgehead atoms. The summed E-state index contributed by atoms with van der Waals surface area (Å²) in [4.78, 5) is 25.1. The Morgan fingerprint density at radius 2 is 1.85 bits per heavy atom. The number of nitrogens with one attached hydrogen (secondary N) is 2. The Morgan fingerprint density at radius 1 is 1.00 bits per heavy atom. The first kappa shape index (κ1) is 18.7. The Hall–Kier alpha value is -3.06. The molecule has 0 saturated heterocycles. The lowest BCUT2D eigenvalue weighted by Gasteiger charge is -2.08. The fourth-order valence-corrected chi connectivity index (χ4v) is 3.24. The molecule has 3 aromatic rings. The molecule has 2 N–H and O–H groups in total. The third-order valence-electron chi connectivity index (χ3n) is 3.69. The molecular formula is C20H20N4O2S. The monoisotopic (exact) mass is 380 g/mol. The van der Waals surface area contributed by atoms with Crippen LogP contribution in [0.25, 0.3) is 0 Å². The van der Waals surface area contributed by atoms with Crippen molar-refractivity contribution in [3.63, 3.8) is 0 Å². The van der Waals surface area contributed by atoms with E-state index in [2.05, 4.69) is 15.7 Å². The van der Waals surface area contributed by atoms with Crippen LogP contribution in [0.2, 0.25) is 0 Å². The van der Waals surface area contributed by atoms with E-state index in [1.165, 1.54) is 0 Å². The highest BCUT2D eigenvalue weighted by molar-refractivity contribution is 7.99. The summed E-state index contributed by atoms with van der Waals surface area (Å²) in [6.45, 7) is 1.02. The first-order chi connectivity index (χ1) is 13.2. The number of carbonyl (C=O) groups excluding carboxylic acids is 2. The molecule has 0 atom stereocenters. The number of carbonyl (C=O) groups is 2. The molecule has 0 radical (unpaired) electrons. The van der Waals surface area contributed by atoms with Gasteiger partial charge in [-0.3, -0.25) is 14.3 Å². The van der Waals surface area contributed by atoms with Crippen molar-refractivity contribution in [2.24, 2.45) is 0 Å².